The average molecular weight is 543 g/mol. The topological polar surface area (TPSA) is 86.8 Å². The molecule has 1 aromatic heterocycles. The number of aromatic nitrogens is 1. The fourth-order valence-electron chi connectivity index (χ4n) is 9.91. The van der Waals surface area contributed by atoms with Gasteiger partial charge in [-0.3, -0.25) is 4.79 Å². The van der Waals surface area contributed by atoms with E-state index in [1.807, 2.05) is 36.4 Å². The predicted octanol–water partition coefficient (Wildman–Crippen LogP) is 6.45. The summed E-state index contributed by atoms with van der Waals surface area (Å²) in [5.74, 6) is 2.33. The number of benzene rings is 1. The summed E-state index contributed by atoms with van der Waals surface area (Å²) < 4.78 is 5.63. The van der Waals surface area contributed by atoms with Crippen LogP contribution in [0.1, 0.15) is 99.0 Å². The molecule has 0 bridgehead atoms. The molecule has 212 valence electrons. The highest BCUT2D eigenvalue weighted by Crippen LogP contribution is 2.69. The summed E-state index contributed by atoms with van der Waals surface area (Å²) in [5.41, 5.74) is 2.42. The van der Waals surface area contributed by atoms with Crippen LogP contribution < -0.4 is 0 Å². The molecule has 5 aliphatic rings. The van der Waals surface area contributed by atoms with Gasteiger partial charge in [-0.25, -0.2) is 0 Å². The number of amides is 1. The number of carbonyl (C=O) groups excluding carboxylic acids is 1. The Labute approximate surface area is 237 Å². The monoisotopic (exact) mass is 542 g/mol. The lowest BCUT2D eigenvalue weighted by Crippen LogP contribution is -2.62. The molecule has 2 N–H and O–H groups in total. The Kier molecular flexibility index (Phi) is 6.00. The van der Waals surface area contributed by atoms with E-state index in [1.165, 1.54) is 6.42 Å². The minimum atomic E-state index is -0.643. The van der Waals surface area contributed by atoms with E-state index in [9.17, 15) is 15.0 Å². The molecule has 0 spiro atoms. The number of nitrogens with zero attached hydrogens (tertiary/aromatic N) is 2. The molecule has 0 radical (unpaired) electrons. The Morgan fingerprint density at radius 3 is 2.67 bits per heavy atom. The van der Waals surface area contributed by atoms with Gasteiger partial charge in [0, 0.05) is 28.3 Å². The number of carbonyl (C=O) groups is 1. The summed E-state index contributed by atoms with van der Waals surface area (Å²) in [6, 6.07) is 9.45. The molecule has 8 atom stereocenters. The molecule has 40 heavy (non-hydrogen) atoms. The molecule has 0 saturated heterocycles. The quantitative estimate of drug-likeness (QED) is 0.464. The van der Waals surface area contributed by atoms with E-state index in [0.29, 0.717) is 41.3 Å². The zero-order valence-electron chi connectivity index (χ0n) is 23.8. The Morgan fingerprint density at radius 2 is 1.88 bits per heavy atom. The molecule has 1 aromatic carbocycles. The van der Waals surface area contributed by atoms with Crippen molar-refractivity contribution in [1.29, 1.82) is 0 Å². The maximum Gasteiger partial charge on any atom is 0.259 e. The fourth-order valence-corrected chi connectivity index (χ4v) is 9.91. The van der Waals surface area contributed by atoms with Crippen molar-refractivity contribution >= 4 is 17.7 Å². The molecule has 4 aliphatic carbocycles. The summed E-state index contributed by atoms with van der Waals surface area (Å²) in [6.07, 6.45) is 13.3. The first-order valence-electron chi connectivity index (χ1n) is 15.3. The average Bonchev–Trinajstić information content (AvgIpc) is 3.58. The maximum absolute atomic E-state index is 12.9. The summed E-state index contributed by atoms with van der Waals surface area (Å²) in [5, 5.41) is 27.0. The van der Waals surface area contributed by atoms with Crippen molar-refractivity contribution in [2.75, 3.05) is 0 Å². The molecular weight excluding hydrogens is 500 g/mol. The number of aliphatic hydroxyl groups excluding tert-OH is 1. The van der Waals surface area contributed by atoms with Gasteiger partial charge < -0.3 is 19.6 Å². The van der Waals surface area contributed by atoms with Crippen LogP contribution in [0.5, 0.6) is 0 Å². The van der Waals surface area contributed by atoms with Crippen LogP contribution in [0.15, 0.2) is 47.5 Å². The van der Waals surface area contributed by atoms with Crippen molar-refractivity contribution in [1.82, 2.24) is 10.1 Å². The lowest BCUT2D eigenvalue weighted by Gasteiger charge is -2.63. The van der Waals surface area contributed by atoms with Gasteiger partial charge in [0.05, 0.1) is 18.2 Å². The highest BCUT2D eigenvalue weighted by atomic mass is 16.5. The standard InChI is InChI=1S/C34H42N2O4/c1-21-27-6-4-5-7-28(27)31(38)36(21)20-26-19-24(35-40-26)10-8-22-12-17-34(39)30-11-9-23-18-25(37)13-15-32(23,2)29(30)14-16-33(22,34)3/h4-8,10,19,22-23,25,29-30,37,39H,1,9,11-18,20H2,2-3H3/b10-8+. The summed E-state index contributed by atoms with van der Waals surface area (Å²) in [7, 11) is 0. The second-order valence-electron chi connectivity index (χ2n) is 13.9. The third kappa shape index (κ3) is 3.68. The minimum Gasteiger partial charge on any atom is -0.393 e. The Hall–Kier alpha value is -2.70. The van der Waals surface area contributed by atoms with Crippen LogP contribution in [0, 0.1) is 34.5 Å². The number of hydrogen-bond donors (Lipinski definition) is 2. The molecule has 7 rings (SSSR count). The van der Waals surface area contributed by atoms with Gasteiger partial charge in [-0.2, -0.15) is 0 Å². The van der Waals surface area contributed by atoms with Crippen molar-refractivity contribution in [3.8, 4) is 0 Å². The number of rotatable bonds is 4. The normalized spacial score (nSPS) is 40.7. The molecule has 6 nitrogen and oxygen atoms in total. The van der Waals surface area contributed by atoms with E-state index in [4.69, 9.17) is 4.52 Å². The molecule has 4 fully saturated rings. The summed E-state index contributed by atoms with van der Waals surface area (Å²) in [6.45, 7) is 9.21. The Bertz CT molecular complexity index is 1340. The van der Waals surface area contributed by atoms with Gasteiger partial charge in [0.15, 0.2) is 5.76 Å². The van der Waals surface area contributed by atoms with E-state index in [2.05, 4.69) is 31.7 Å². The zero-order chi connectivity index (χ0) is 27.9. The molecule has 2 heterocycles. The third-order valence-electron chi connectivity index (χ3n) is 12.3. The van der Waals surface area contributed by atoms with Gasteiger partial charge in [-0.05, 0) is 99.0 Å². The van der Waals surface area contributed by atoms with E-state index in [1.54, 1.807) is 4.90 Å². The molecule has 6 heteroatoms. The van der Waals surface area contributed by atoms with E-state index >= 15 is 0 Å². The van der Waals surface area contributed by atoms with Gasteiger partial charge in [0.25, 0.3) is 5.91 Å². The van der Waals surface area contributed by atoms with Crippen molar-refractivity contribution in [2.24, 2.45) is 34.5 Å². The maximum atomic E-state index is 12.9. The third-order valence-corrected chi connectivity index (χ3v) is 12.3. The lowest BCUT2D eigenvalue weighted by atomic mass is 9.43. The van der Waals surface area contributed by atoms with Crippen LogP contribution in [-0.2, 0) is 6.54 Å². The van der Waals surface area contributed by atoms with Crippen LogP contribution in [0.3, 0.4) is 0 Å². The highest BCUT2D eigenvalue weighted by Gasteiger charge is 2.66. The lowest BCUT2D eigenvalue weighted by molar-refractivity contribution is -0.207. The second-order valence-corrected chi connectivity index (χ2v) is 13.9. The van der Waals surface area contributed by atoms with Crippen molar-refractivity contribution in [2.45, 2.75) is 89.9 Å². The van der Waals surface area contributed by atoms with E-state index in [-0.39, 0.29) is 28.8 Å². The SMILES string of the molecule is C=C1c2ccccc2C(=O)N1Cc1cc(/C=C/C2CCC3(O)C4CCC5CC(O)CCC5(C)C4CCC23C)no1. The minimum absolute atomic E-state index is 0.0600. The Balaban J connectivity index is 1.06. The summed E-state index contributed by atoms with van der Waals surface area (Å²) >= 11 is 0. The summed E-state index contributed by atoms with van der Waals surface area (Å²) in [4.78, 5) is 14.5. The van der Waals surface area contributed by atoms with Gasteiger partial charge in [-0.1, -0.05) is 49.9 Å². The molecule has 4 saturated carbocycles. The van der Waals surface area contributed by atoms with Crippen LogP contribution in [0.25, 0.3) is 11.8 Å². The number of aliphatic hydroxyl groups is 2. The van der Waals surface area contributed by atoms with Crippen LogP contribution >= 0.6 is 0 Å². The first kappa shape index (κ1) is 26.2. The fraction of sp³-hybridized carbons (Fsp3) is 0.588. The number of fused-ring (bicyclic) bond motifs is 6. The van der Waals surface area contributed by atoms with E-state index in [0.717, 1.165) is 62.6 Å². The molecule has 8 unspecified atom stereocenters. The van der Waals surface area contributed by atoms with Crippen LogP contribution in [-0.4, -0.2) is 37.9 Å². The highest BCUT2D eigenvalue weighted by molar-refractivity contribution is 6.08. The van der Waals surface area contributed by atoms with Crippen LogP contribution in [0.2, 0.25) is 0 Å². The Morgan fingerprint density at radius 1 is 1.07 bits per heavy atom. The predicted molar refractivity (Wildman–Crippen MR) is 154 cm³/mol. The molecule has 1 amide bonds. The largest absolute Gasteiger partial charge is 0.393 e. The van der Waals surface area contributed by atoms with Gasteiger partial charge >= 0.3 is 0 Å². The first-order chi connectivity index (χ1) is 19.1. The second kappa shape index (κ2) is 9.15. The van der Waals surface area contributed by atoms with Gasteiger partial charge in [-0.15, -0.1) is 0 Å². The smallest absolute Gasteiger partial charge is 0.259 e. The molecular formula is C34H42N2O4. The van der Waals surface area contributed by atoms with Crippen molar-refractivity contribution < 1.29 is 19.5 Å². The zero-order valence-corrected chi connectivity index (χ0v) is 23.8. The van der Waals surface area contributed by atoms with Gasteiger partial charge in [0.1, 0.15) is 5.69 Å². The number of allylic oxidation sites excluding steroid dienone is 1. The molecule has 1 aliphatic heterocycles. The van der Waals surface area contributed by atoms with Crippen molar-refractivity contribution in [3.05, 3.63) is 65.6 Å². The van der Waals surface area contributed by atoms with Gasteiger partial charge in [0.2, 0.25) is 0 Å². The number of hydrogen-bond acceptors (Lipinski definition) is 5. The molecule has 2 aromatic rings. The van der Waals surface area contributed by atoms with E-state index < -0.39 is 5.60 Å². The van der Waals surface area contributed by atoms with Crippen LogP contribution in [0.4, 0.5) is 0 Å². The first-order valence-corrected chi connectivity index (χ1v) is 15.3. The van der Waals surface area contributed by atoms with Crippen molar-refractivity contribution in [3.63, 3.8) is 0 Å².